The second-order valence-electron chi connectivity index (χ2n) is 4.81. The Morgan fingerprint density at radius 2 is 2.15 bits per heavy atom. The van der Waals surface area contributed by atoms with Crippen molar-refractivity contribution in [1.29, 1.82) is 0 Å². The molecular weight excluding hydrogens is 264 g/mol. The van der Waals surface area contributed by atoms with E-state index in [1.54, 1.807) is 23.1 Å². The van der Waals surface area contributed by atoms with Crippen LogP contribution < -0.4 is 0 Å². The summed E-state index contributed by atoms with van der Waals surface area (Å²) in [5, 5.41) is 37.1. The molecule has 0 saturated carbocycles. The van der Waals surface area contributed by atoms with Crippen LogP contribution in [0.25, 0.3) is 11.3 Å². The molecule has 2 aromatic heterocycles. The van der Waals surface area contributed by atoms with Crippen LogP contribution in [0.5, 0.6) is 0 Å². The number of aliphatic hydroxyl groups excluding tert-OH is 3. The lowest BCUT2D eigenvalue weighted by Gasteiger charge is -2.14. The fourth-order valence-corrected chi connectivity index (χ4v) is 2.29. The zero-order valence-corrected chi connectivity index (χ0v) is 10.9. The second-order valence-corrected chi connectivity index (χ2v) is 4.81. The van der Waals surface area contributed by atoms with Crippen molar-refractivity contribution < 1.29 is 20.1 Å². The van der Waals surface area contributed by atoms with Gasteiger partial charge >= 0.3 is 0 Å². The summed E-state index contributed by atoms with van der Waals surface area (Å²) in [5.74, 6) is 0. The normalized spacial score (nSPS) is 30.0. The zero-order chi connectivity index (χ0) is 14.3. The highest BCUT2D eigenvalue weighted by Crippen LogP contribution is 2.29. The van der Waals surface area contributed by atoms with Crippen molar-refractivity contribution in [3.63, 3.8) is 0 Å². The highest BCUT2D eigenvalue weighted by molar-refractivity contribution is 5.55. The van der Waals surface area contributed by atoms with Gasteiger partial charge in [-0.05, 0) is 6.07 Å². The average Bonchev–Trinajstić information content (AvgIpc) is 3.12. The van der Waals surface area contributed by atoms with Crippen LogP contribution in [-0.4, -0.2) is 59.8 Å². The first-order valence-electron chi connectivity index (χ1n) is 6.27. The predicted octanol–water partition coefficient (Wildman–Crippen LogP) is -1.10. The molecule has 20 heavy (non-hydrogen) atoms. The molecule has 1 fully saturated rings. The summed E-state index contributed by atoms with van der Waals surface area (Å²) in [6, 6.07) is 1.77. The molecule has 1 saturated heterocycles. The Morgan fingerprint density at radius 1 is 1.35 bits per heavy atom. The van der Waals surface area contributed by atoms with Crippen LogP contribution in [-0.2, 0) is 11.8 Å². The molecule has 3 rings (SSSR count). The fourth-order valence-electron chi connectivity index (χ4n) is 2.29. The molecule has 0 spiro atoms. The van der Waals surface area contributed by atoms with Gasteiger partial charge in [-0.1, -0.05) is 0 Å². The van der Waals surface area contributed by atoms with Gasteiger partial charge in [0.25, 0.3) is 0 Å². The van der Waals surface area contributed by atoms with Crippen molar-refractivity contribution in [2.24, 2.45) is 7.05 Å². The number of hydrogen-bond acceptors (Lipinski definition) is 6. The number of aliphatic hydroxyl groups is 3. The van der Waals surface area contributed by atoms with Gasteiger partial charge in [0.1, 0.15) is 18.3 Å². The third kappa shape index (κ3) is 2.12. The molecule has 1 aliphatic rings. The van der Waals surface area contributed by atoms with E-state index in [0.717, 1.165) is 5.56 Å². The standard InChI is InChI=1S/C12H16N4O4/c1-15-5-7(4-13-15)8-2-3-16(14-8)12-11(19)10(18)9(6-17)20-12/h2-5,9-12,17-19H,6H2,1H3/t9-,10?,11?,12-/m1/s1. The summed E-state index contributed by atoms with van der Waals surface area (Å²) < 4.78 is 8.51. The monoisotopic (exact) mass is 280 g/mol. The van der Waals surface area contributed by atoms with E-state index in [1.807, 2.05) is 13.2 Å². The second kappa shape index (κ2) is 4.98. The molecule has 8 nitrogen and oxygen atoms in total. The Bertz CT molecular complexity index is 596. The van der Waals surface area contributed by atoms with E-state index in [-0.39, 0.29) is 6.61 Å². The first-order chi connectivity index (χ1) is 9.60. The fraction of sp³-hybridized carbons (Fsp3) is 0.500. The highest BCUT2D eigenvalue weighted by atomic mass is 16.6. The first-order valence-corrected chi connectivity index (χ1v) is 6.27. The van der Waals surface area contributed by atoms with Crippen LogP contribution in [0.1, 0.15) is 6.23 Å². The molecule has 1 aliphatic heterocycles. The van der Waals surface area contributed by atoms with E-state index >= 15 is 0 Å². The summed E-state index contributed by atoms with van der Waals surface area (Å²) in [6.07, 6.45) is 1.29. The molecule has 108 valence electrons. The molecule has 2 unspecified atom stereocenters. The molecule has 0 aromatic carbocycles. The summed E-state index contributed by atoms with van der Waals surface area (Å²) in [6.45, 7) is -0.356. The molecule has 3 heterocycles. The number of hydrogen-bond donors (Lipinski definition) is 3. The molecule has 0 aliphatic carbocycles. The van der Waals surface area contributed by atoms with Crippen molar-refractivity contribution in [3.8, 4) is 11.3 Å². The van der Waals surface area contributed by atoms with Crippen LogP contribution in [0, 0.1) is 0 Å². The van der Waals surface area contributed by atoms with Crippen LogP contribution in [0.4, 0.5) is 0 Å². The van der Waals surface area contributed by atoms with Gasteiger partial charge in [0.15, 0.2) is 6.23 Å². The SMILES string of the molecule is Cn1cc(-c2ccn([C@@H]3O[C@H](CO)C(O)C3O)n2)cn1. The molecule has 0 radical (unpaired) electrons. The lowest BCUT2D eigenvalue weighted by atomic mass is 10.1. The quantitative estimate of drug-likeness (QED) is 0.659. The average molecular weight is 280 g/mol. The van der Waals surface area contributed by atoms with Crippen molar-refractivity contribution in [3.05, 3.63) is 24.7 Å². The number of nitrogens with zero attached hydrogens (tertiary/aromatic N) is 4. The Morgan fingerprint density at radius 3 is 2.75 bits per heavy atom. The largest absolute Gasteiger partial charge is 0.394 e. The third-order valence-corrected chi connectivity index (χ3v) is 3.39. The number of ether oxygens (including phenoxy) is 1. The summed E-state index contributed by atoms with van der Waals surface area (Å²) in [7, 11) is 1.81. The van der Waals surface area contributed by atoms with Crippen LogP contribution in [0.15, 0.2) is 24.7 Å². The van der Waals surface area contributed by atoms with Gasteiger partial charge in [0.2, 0.25) is 0 Å². The highest BCUT2D eigenvalue weighted by Gasteiger charge is 2.43. The molecule has 0 bridgehead atoms. The van der Waals surface area contributed by atoms with Crippen molar-refractivity contribution >= 4 is 0 Å². The van der Waals surface area contributed by atoms with E-state index in [4.69, 9.17) is 9.84 Å². The zero-order valence-electron chi connectivity index (χ0n) is 10.9. The number of aromatic nitrogens is 4. The van der Waals surface area contributed by atoms with Gasteiger partial charge in [-0.15, -0.1) is 0 Å². The van der Waals surface area contributed by atoms with Crippen LogP contribution >= 0.6 is 0 Å². The van der Waals surface area contributed by atoms with Crippen molar-refractivity contribution in [2.75, 3.05) is 6.61 Å². The number of rotatable bonds is 3. The van der Waals surface area contributed by atoms with Gasteiger partial charge in [-0.25, -0.2) is 4.68 Å². The predicted molar refractivity (Wildman–Crippen MR) is 67.4 cm³/mol. The molecule has 0 amide bonds. The topological polar surface area (TPSA) is 106 Å². The molecule has 4 atom stereocenters. The lowest BCUT2D eigenvalue weighted by Crippen LogP contribution is -2.33. The van der Waals surface area contributed by atoms with Crippen LogP contribution in [0.3, 0.4) is 0 Å². The maximum atomic E-state index is 9.93. The minimum Gasteiger partial charge on any atom is -0.394 e. The van der Waals surface area contributed by atoms with Crippen molar-refractivity contribution in [1.82, 2.24) is 19.6 Å². The maximum absolute atomic E-state index is 9.93. The first kappa shape index (κ1) is 13.3. The Balaban J connectivity index is 1.84. The molecule has 8 heteroatoms. The van der Waals surface area contributed by atoms with Crippen LogP contribution in [0.2, 0.25) is 0 Å². The Hall–Kier alpha value is -1.74. The van der Waals surface area contributed by atoms with Gasteiger partial charge in [-0.2, -0.15) is 10.2 Å². The molecule has 2 aromatic rings. The maximum Gasteiger partial charge on any atom is 0.179 e. The van der Waals surface area contributed by atoms with Gasteiger partial charge in [0.05, 0.1) is 18.5 Å². The Labute approximate surface area is 114 Å². The van der Waals surface area contributed by atoms with E-state index in [9.17, 15) is 10.2 Å². The minimum atomic E-state index is -1.13. The van der Waals surface area contributed by atoms with Gasteiger partial charge in [0, 0.05) is 25.0 Å². The lowest BCUT2D eigenvalue weighted by molar-refractivity contribution is -0.0585. The molecular formula is C12H16N4O4. The summed E-state index contributed by atoms with van der Waals surface area (Å²) in [4.78, 5) is 0. The van der Waals surface area contributed by atoms with Gasteiger partial charge < -0.3 is 20.1 Å². The summed E-state index contributed by atoms with van der Waals surface area (Å²) >= 11 is 0. The smallest absolute Gasteiger partial charge is 0.179 e. The van der Waals surface area contributed by atoms with E-state index in [0.29, 0.717) is 5.69 Å². The minimum absolute atomic E-state index is 0.356. The number of aryl methyl sites for hydroxylation is 1. The van der Waals surface area contributed by atoms with E-state index in [2.05, 4.69) is 10.2 Å². The van der Waals surface area contributed by atoms with Gasteiger partial charge in [-0.3, -0.25) is 4.68 Å². The van der Waals surface area contributed by atoms with E-state index in [1.165, 1.54) is 4.68 Å². The summed E-state index contributed by atoms with van der Waals surface area (Å²) in [5.41, 5.74) is 1.54. The van der Waals surface area contributed by atoms with E-state index < -0.39 is 24.5 Å². The Kier molecular flexibility index (Phi) is 3.30. The third-order valence-electron chi connectivity index (χ3n) is 3.39. The molecule has 3 N–H and O–H groups in total. The van der Waals surface area contributed by atoms with Crippen molar-refractivity contribution in [2.45, 2.75) is 24.5 Å².